The van der Waals surface area contributed by atoms with Gasteiger partial charge >= 0.3 is 0 Å². The number of hydrogen-bond donors (Lipinski definition) is 1. The smallest absolute Gasteiger partial charge is 0.0220 e. The van der Waals surface area contributed by atoms with Gasteiger partial charge in [-0.15, -0.1) is 6.58 Å². The molecule has 1 saturated heterocycles. The fraction of sp³-hybridized carbons (Fsp3) is 0.846. The Kier molecular flexibility index (Phi) is 5.96. The summed E-state index contributed by atoms with van der Waals surface area (Å²) in [6, 6.07) is 0.701. The standard InChI is InChI=1S/C13H26N2/c1-4-5-6-10-15(3)11-13-12(2)8-7-9-14-13/h4,12-14H,1,5-11H2,2-3H3. The topological polar surface area (TPSA) is 15.3 Å². The largest absolute Gasteiger partial charge is 0.312 e. The lowest BCUT2D eigenvalue weighted by atomic mass is 9.92. The van der Waals surface area contributed by atoms with E-state index in [4.69, 9.17) is 0 Å². The van der Waals surface area contributed by atoms with Crippen molar-refractivity contribution in [3.05, 3.63) is 12.7 Å². The van der Waals surface area contributed by atoms with Crippen molar-refractivity contribution in [3.63, 3.8) is 0 Å². The van der Waals surface area contributed by atoms with E-state index in [1.54, 1.807) is 0 Å². The summed E-state index contributed by atoms with van der Waals surface area (Å²) in [4.78, 5) is 2.45. The Morgan fingerprint density at radius 1 is 1.53 bits per heavy atom. The summed E-state index contributed by atoms with van der Waals surface area (Å²) in [6.45, 7) is 9.71. The van der Waals surface area contributed by atoms with Gasteiger partial charge < -0.3 is 10.2 Å². The van der Waals surface area contributed by atoms with Crippen LogP contribution in [-0.2, 0) is 0 Å². The summed E-state index contributed by atoms with van der Waals surface area (Å²) in [6.07, 6.45) is 7.12. The van der Waals surface area contributed by atoms with Crippen molar-refractivity contribution in [1.82, 2.24) is 10.2 Å². The van der Waals surface area contributed by atoms with Crippen LogP contribution in [0.2, 0.25) is 0 Å². The monoisotopic (exact) mass is 210 g/mol. The van der Waals surface area contributed by atoms with E-state index in [1.807, 2.05) is 6.08 Å². The summed E-state index contributed by atoms with van der Waals surface area (Å²) < 4.78 is 0. The first-order valence-corrected chi connectivity index (χ1v) is 6.27. The van der Waals surface area contributed by atoms with Gasteiger partial charge in [0.05, 0.1) is 0 Å². The van der Waals surface area contributed by atoms with Gasteiger partial charge in [-0.25, -0.2) is 0 Å². The molecule has 1 N–H and O–H groups in total. The molecule has 0 aromatic carbocycles. The van der Waals surface area contributed by atoms with Crippen LogP contribution in [0.4, 0.5) is 0 Å². The summed E-state index contributed by atoms with van der Waals surface area (Å²) in [5, 5.41) is 3.63. The molecule has 0 saturated carbocycles. The minimum Gasteiger partial charge on any atom is -0.312 e. The molecule has 1 rings (SSSR count). The van der Waals surface area contributed by atoms with Crippen molar-refractivity contribution in [2.24, 2.45) is 5.92 Å². The zero-order valence-electron chi connectivity index (χ0n) is 10.3. The number of rotatable bonds is 6. The molecule has 2 atom stereocenters. The summed E-state index contributed by atoms with van der Waals surface area (Å²) >= 11 is 0. The van der Waals surface area contributed by atoms with E-state index in [-0.39, 0.29) is 0 Å². The fourth-order valence-corrected chi connectivity index (χ4v) is 2.29. The van der Waals surface area contributed by atoms with Crippen LogP contribution in [0.1, 0.15) is 32.6 Å². The van der Waals surface area contributed by atoms with Crippen molar-refractivity contribution >= 4 is 0 Å². The third kappa shape index (κ3) is 4.80. The van der Waals surface area contributed by atoms with E-state index in [1.165, 1.54) is 38.9 Å². The zero-order valence-corrected chi connectivity index (χ0v) is 10.3. The second-order valence-corrected chi connectivity index (χ2v) is 4.87. The highest BCUT2D eigenvalue weighted by Crippen LogP contribution is 2.16. The maximum Gasteiger partial charge on any atom is 0.0220 e. The lowest BCUT2D eigenvalue weighted by Crippen LogP contribution is -2.47. The van der Waals surface area contributed by atoms with Crippen LogP contribution in [0.3, 0.4) is 0 Å². The van der Waals surface area contributed by atoms with Crippen molar-refractivity contribution in [2.75, 3.05) is 26.7 Å². The molecule has 1 aliphatic heterocycles. The van der Waals surface area contributed by atoms with Gasteiger partial charge in [0.2, 0.25) is 0 Å². The number of allylic oxidation sites excluding steroid dienone is 1. The molecule has 1 fully saturated rings. The predicted molar refractivity (Wildman–Crippen MR) is 67.1 cm³/mol. The molecule has 1 aliphatic rings. The van der Waals surface area contributed by atoms with E-state index < -0.39 is 0 Å². The van der Waals surface area contributed by atoms with E-state index in [2.05, 4.69) is 30.8 Å². The third-order valence-corrected chi connectivity index (χ3v) is 3.39. The van der Waals surface area contributed by atoms with Crippen molar-refractivity contribution in [2.45, 2.75) is 38.6 Å². The number of likely N-dealkylation sites (N-methyl/N-ethyl adjacent to an activating group) is 1. The third-order valence-electron chi connectivity index (χ3n) is 3.39. The average Bonchev–Trinajstić information content (AvgIpc) is 2.22. The van der Waals surface area contributed by atoms with Gasteiger partial charge in [0, 0.05) is 12.6 Å². The molecule has 0 radical (unpaired) electrons. The summed E-state index contributed by atoms with van der Waals surface area (Å²) in [5.74, 6) is 0.834. The predicted octanol–water partition coefficient (Wildman–Crippen LogP) is 2.27. The first-order valence-electron chi connectivity index (χ1n) is 6.27. The van der Waals surface area contributed by atoms with Gasteiger partial charge in [-0.2, -0.15) is 0 Å². The molecular weight excluding hydrogens is 184 g/mol. The quantitative estimate of drug-likeness (QED) is 0.534. The van der Waals surface area contributed by atoms with Crippen LogP contribution in [-0.4, -0.2) is 37.6 Å². The van der Waals surface area contributed by atoms with Gasteiger partial charge in [0.25, 0.3) is 0 Å². The normalized spacial score (nSPS) is 26.9. The number of hydrogen-bond acceptors (Lipinski definition) is 2. The molecule has 0 aromatic rings. The number of piperidine rings is 1. The molecule has 0 bridgehead atoms. The van der Waals surface area contributed by atoms with Crippen LogP contribution in [0.5, 0.6) is 0 Å². The molecular formula is C13H26N2. The van der Waals surface area contributed by atoms with Crippen LogP contribution < -0.4 is 5.32 Å². The minimum absolute atomic E-state index is 0.701. The molecule has 88 valence electrons. The Hall–Kier alpha value is -0.340. The Balaban J connectivity index is 2.17. The fourth-order valence-electron chi connectivity index (χ4n) is 2.29. The van der Waals surface area contributed by atoms with Gasteiger partial charge in [0.1, 0.15) is 0 Å². The summed E-state index contributed by atoms with van der Waals surface area (Å²) in [7, 11) is 2.23. The van der Waals surface area contributed by atoms with Crippen LogP contribution in [0.25, 0.3) is 0 Å². The Morgan fingerprint density at radius 2 is 2.33 bits per heavy atom. The maximum absolute atomic E-state index is 3.75. The van der Waals surface area contributed by atoms with Crippen LogP contribution in [0, 0.1) is 5.92 Å². The molecule has 1 heterocycles. The first kappa shape index (κ1) is 12.7. The maximum atomic E-state index is 3.75. The second-order valence-electron chi connectivity index (χ2n) is 4.87. The summed E-state index contributed by atoms with van der Waals surface area (Å²) in [5.41, 5.74) is 0. The zero-order chi connectivity index (χ0) is 11.1. The van der Waals surface area contributed by atoms with E-state index in [0.29, 0.717) is 6.04 Å². The highest BCUT2D eigenvalue weighted by Gasteiger charge is 2.21. The molecule has 2 heteroatoms. The molecule has 15 heavy (non-hydrogen) atoms. The SMILES string of the molecule is C=CCCCN(C)CC1NCCCC1C. The molecule has 0 spiro atoms. The van der Waals surface area contributed by atoms with Gasteiger partial charge in [-0.05, 0) is 51.7 Å². The number of nitrogens with one attached hydrogen (secondary N) is 1. The van der Waals surface area contributed by atoms with Crippen molar-refractivity contribution in [1.29, 1.82) is 0 Å². The highest BCUT2D eigenvalue weighted by atomic mass is 15.1. The molecule has 0 aliphatic carbocycles. The highest BCUT2D eigenvalue weighted by molar-refractivity contribution is 4.80. The number of nitrogens with zero attached hydrogens (tertiary/aromatic N) is 1. The lowest BCUT2D eigenvalue weighted by Gasteiger charge is -2.33. The minimum atomic E-state index is 0.701. The van der Waals surface area contributed by atoms with Crippen LogP contribution in [0.15, 0.2) is 12.7 Å². The van der Waals surface area contributed by atoms with E-state index in [9.17, 15) is 0 Å². The van der Waals surface area contributed by atoms with Gasteiger partial charge in [-0.3, -0.25) is 0 Å². The average molecular weight is 210 g/mol. The molecule has 2 unspecified atom stereocenters. The van der Waals surface area contributed by atoms with Crippen molar-refractivity contribution < 1.29 is 0 Å². The Labute approximate surface area is 94.7 Å². The van der Waals surface area contributed by atoms with Gasteiger partial charge in [0.15, 0.2) is 0 Å². The molecule has 0 amide bonds. The lowest BCUT2D eigenvalue weighted by molar-refractivity contribution is 0.215. The first-order chi connectivity index (χ1) is 7.24. The Bertz CT molecular complexity index is 179. The van der Waals surface area contributed by atoms with E-state index >= 15 is 0 Å². The molecule has 0 aromatic heterocycles. The van der Waals surface area contributed by atoms with Crippen molar-refractivity contribution in [3.8, 4) is 0 Å². The molecule has 2 nitrogen and oxygen atoms in total. The van der Waals surface area contributed by atoms with Crippen LogP contribution >= 0.6 is 0 Å². The van der Waals surface area contributed by atoms with E-state index in [0.717, 1.165) is 12.3 Å². The number of unbranched alkanes of at least 4 members (excludes halogenated alkanes) is 1. The Morgan fingerprint density at radius 3 is 3.00 bits per heavy atom. The second kappa shape index (κ2) is 7.02. The van der Waals surface area contributed by atoms with Gasteiger partial charge in [-0.1, -0.05) is 13.0 Å².